The lowest BCUT2D eigenvalue weighted by atomic mass is 10.1. The van der Waals surface area contributed by atoms with E-state index in [1.807, 2.05) is 13.8 Å². The van der Waals surface area contributed by atoms with E-state index in [-0.39, 0.29) is 24.0 Å². The molecule has 0 aliphatic heterocycles. The molecule has 0 aliphatic carbocycles. The Labute approximate surface area is 129 Å². The summed E-state index contributed by atoms with van der Waals surface area (Å²) < 4.78 is 16.0. The molecule has 0 unspecified atom stereocenters. The van der Waals surface area contributed by atoms with E-state index in [2.05, 4.69) is 26.2 Å². The van der Waals surface area contributed by atoms with E-state index in [0.29, 0.717) is 17.7 Å². The lowest BCUT2D eigenvalue weighted by Gasteiger charge is -2.10. The number of benzene rings is 1. The number of halogens is 2. The molecule has 0 bridgehead atoms. The van der Waals surface area contributed by atoms with Gasteiger partial charge < -0.3 is 5.11 Å². The highest BCUT2D eigenvalue weighted by atomic mass is 79.9. The van der Waals surface area contributed by atoms with Crippen molar-refractivity contribution in [3.05, 3.63) is 45.4 Å². The lowest BCUT2D eigenvalue weighted by Crippen LogP contribution is -2.12. The molecular weight excluding hydrogens is 341 g/mol. The molecule has 0 radical (unpaired) electrons. The summed E-state index contributed by atoms with van der Waals surface area (Å²) in [6.45, 7) is 4.10. The monoisotopic (exact) mass is 355 g/mol. The van der Waals surface area contributed by atoms with Crippen LogP contribution in [-0.4, -0.2) is 26.1 Å². The third kappa shape index (κ3) is 3.66. The van der Waals surface area contributed by atoms with Gasteiger partial charge in [-0.15, -0.1) is 5.10 Å². The fourth-order valence-corrected chi connectivity index (χ4v) is 2.45. The number of aromatic carboxylic acids is 1. The molecule has 2 aromatic rings. The highest BCUT2D eigenvalue weighted by molar-refractivity contribution is 9.10. The molecule has 0 fully saturated rings. The van der Waals surface area contributed by atoms with E-state index >= 15 is 0 Å². The van der Waals surface area contributed by atoms with Gasteiger partial charge in [-0.2, -0.15) is 0 Å². The van der Waals surface area contributed by atoms with Gasteiger partial charge in [0.25, 0.3) is 0 Å². The summed E-state index contributed by atoms with van der Waals surface area (Å²) in [5.74, 6) is -1.24. The van der Waals surface area contributed by atoms with Gasteiger partial charge in [0.15, 0.2) is 5.69 Å². The SMILES string of the molecule is CC(C)Cc1c(C(=O)O)nnn1Cc1cc(Br)ccc1F. The Hall–Kier alpha value is -1.76. The molecule has 0 atom stereocenters. The molecule has 5 nitrogen and oxygen atoms in total. The summed E-state index contributed by atoms with van der Waals surface area (Å²) >= 11 is 3.29. The first-order valence-corrected chi connectivity index (χ1v) is 7.27. The normalized spacial score (nSPS) is 11.1. The summed E-state index contributed by atoms with van der Waals surface area (Å²) in [5, 5.41) is 16.7. The average Bonchev–Trinajstić information content (AvgIpc) is 2.76. The summed E-state index contributed by atoms with van der Waals surface area (Å²) in [4.78, 5) is 11.2. The lowest BCUT2D eigenvalue weighted by molar-refractivity contribution is 0.0689. The maximum absolute atomic E-state index is 13.8. The number of hydrogen-bond acceptors (Lipinski definition) is 3. The zero-order valence-electron chi connectivity index (χ0n) is 11.7. The van der Waals surface area contributed by atoms with Crippen molar-refractivity contribution in [1.82, 2.24) is 15.0 Å². The Kier molecular flexibility index (Phi) is 4.72. The molecule has 1 aromatic carbocycles. The standard InChI is InChI=1S/C14H15BrFN3O2/c1-8(2)5-12-13(14(20)21)17-18-19(12)7-9-6-10(15)3-4-11(9)16/h3-4,6,8H,5,7H2,1-2H3,(H,20,21). The minimum absolute atomic E-state index is 0.0703. The predicted molar refractivity (Wildman–Crippen MR) is 78.7 cm³/mol. The van der Waals surface area contributed by atoms with Crippen molar-refractivity contribution in [2.24, 2.45) is 5.92 Å². The van der Waals surface area contributed by atoms with E-state index in [0.717, 1.165) is 4.47 Å². The maximum Gasteiger partial charge on any atom is 0.358 e. The second-order valence-electron chi connectivity index (χ2n) is 5.18. The van der Waals surface area contributed by atoms with Gasteiger partial charge in [0.2, 0.25) is 0 Å². The van der Waals surface area contributed by atoms with Gasteiger partial charge in [0.05, 0.1) is 12.2 Å². The molecule has 0 saturated carbocycles. The third-order valence-corrected chi connectivity index (χ3v) is 3.46. The van der Waals surface area contributed by atoms with Crippen LogP contribution in [0.25, 0.3) is 0 Å². The fourth-order valence-electron chi connectivity index (χ4n) is 2.04. The number of carboxylic acids is 1. The highest BCUT2D eigenvalue weighted by Gasteiger charge is 2.20. The van der Waals surface area contributed by atoms with Crippen molar-refractivity contribution in [2.75, 3.05) is 0 Å². The molecule has 2 rings (SSSR count). The molecule has 112 valence electrons. The van der Waals surface area contributed by atoms with E-state index in [1.165, 1.54) is 10.7 Å². The van der Waals surface area contributed by atoms with Crippen molar-refractivity contribution in [1.29, 1.82) is 0 Å². The van der Waals surface area contributed by atoms with Crippen molar-refractivity contribution < 1.29 is 14.3 Å². The number of carbonyl (C=O) groups is 1. The van der Waals surface area contributed by atoms with Crippen LogP contribution in [0.4, 0.5) is 4.39 Å². The summed E-state index contributed by atoms with van der Waals surface area (Å²) in [6, 6.07) is 4.62. The first kappa shape index (κ1) is 15.6. The maximum atomic E-state index is 13.8. The van der Waals surface area contributed by atoms with Crippen LogP contribution in [0.5, 0.6) is 0 Å². The second kappa shape index (κ2) is 6.34. The van der Waals surface area contributed by atoms with E-state index in [9.17, 15) is 9.18 Å². The molecule has 0 spiro atoms. The summed E-state index contributed by atoms with van der Waals surface area (Å²) in [5.41, 5.74) is 0.868. The molecule has 1 aromatic heterocycles. The predicted octanol–water partition coefficient (Wildman–Crippen LogP) is 3.12. The number of hydrogen-bond donors (Lipinski definition) is 1. The largest absolute Gasteiger partial charge is 0.476 e. The Bertz CT molecular complexity index is 670. The number of carboxylic acid groups (broad SMARTS) is 1. The third-order valence-electron chi connectivity index (χ3n) is 2.97. The van der Waals surface area contributed by atoms with Crippen molar-refractivity contribution >= 4 is 21.9 Å². The molecule has 0 saturated heterocycles. The zero-order chi connectivity index (χ0) is 15.6. The first-order valence-electron chi connectivity index (χ1n) is 6.48. The van der Waals surface area contributed by atoms with Crippen molar-refractivity contribution in [3.8, 4) is 0 Å². The van der Waals surface area contributed by atoms with Crippen molar-refractivity contribution in [3.63, 3.8) is 0 Å². The molecule has 0 aliphatic rings. The van der Waals surface area contributed by atoms with Crippen LogP contribution in [-0.2, 0) is 13.0 Å². The van der Waals surface area contributed by atoms with Crippen molar-refractivity contribution in [2.45, 2.75) is 26.8 Å². The zero-order valence-corrected chi connectivity index (χ0v) is 13.3. The Morgan fingerprint density at radius 2 is 2.19 bits per heavy atom. The molecule has 21 heavy (non-hydrogen) atoms. The van der Waals surface area contributed by atoms with Gasteiger partial charge in [-0.25, -0.2) is 13.9 Å². The highest BCUT2D eigenvalue weighted by Crippen LogP contribution is 2.19. The molecule has 7 heteroatoms. The smallest absolute Gasteiger partial charge is 0.358 e. The second-order valence-corrected chi connectivity index (χ2v) is 6.10. The fraction of sp³-hybridized carbons (Fsp3) is 0.357. The average molecular weight is 356 g/mol. The minimum atomic E-state index is -1.12. The van der Waals surface area contributed by atoms with Gasteiger partial charge in [0.1, 0.15) is 5.82 Å². The first-order chi connectivity index (χ1) is 9.88. The Balaban J connectivity index is 2.39. The van der Waals surface area contributed by atoms with E-state index < -0.39 is 5.97 Å². The van der Waals surface area contributed by atoms with Crippen LogP contribution in [0.1, 0.15) is 35.6 Å². The van der Waals surface area contributed by atoms with Crippen LogP contribution in [0.3, 0.4) is 0 Å². The van der Waals surface area contributed by atoms with E-state index in [4.69, 9.17) is 5.11 Å². The van der Waals surface area contributed by atoms with Crippen LogP contribution >= 0.6 is 15.9 Å². The topological polar surface area (TPSA) is 68.0 Å². The number of nitrogens with zero attached hydrogens (tertiary/aromatic N) is 3. The van der Waals surface area contributed by atoms with Gasteiger partial charge in [-0.05, 0) is 30.5 Å². The van der Waals surface area contributed by atoms with Gasteiger partial charge in [0, 0.05) is 10.0 Å². The van der Waals surface area contributed by atoms with Crippen LogP contribution in [0, 0.1) is 11.7 Å². The molecule has 1 heterocycles. The molecule has 1 N–H and O–H groups in total. The van der Waals surface area contributed by atoms with Crippen LogP contribution in [0.2, 0.25) is 0 Å². The van der Waals surface area contributed by atoms with Crippen LogP contribution in [0.15, 0.2) is 22.7 Å². The van der Waals surface area contributed by atoms with Gasteiger partial charge in [-0.1, -0.05) is 35.0 Å². The van der Waals surface area contributed by atoms with E-state index in [1.54, 1.807) is 12.1 Å². The summed E-state index contributed by atoms with van der Waals surface area (Å²) in [7, 11) is 0. The molecule has 0 amide bonds. The van der Waals surface area contributed by atoms with Gasteiger partial charge in [-0.3, -0.25) is 0 Å². The number of rotatable bonds is 5. The molecular formula is C14H15BrFN3O2. The Morgan fingerprint density at radius 3 is 2.81 bits per heavy atom. The van der Waals surface area contributed by atoms with Crippen LogP contribution < -0.4 is 0 Å². The summed E-state index contributed by atoms with van der Waals surface area (Å²) in [6.07, 6.45) is 0.518. The number of aromatic nitrogens is 3. The minimum Gasteiger partial charge on any atom is -0.476 e. The quantitative estimate of drug-likeness (QED) is 0.894. The Morgan fingerprint density at radius 1 is 1.48 bits per heavy atom. The van der Waals surface area contributed by atoms with Gasteiger partial charge >= 0.3 is 5.97 Å².